The summed E-state index contributed by atoms with van der Waals surface area (Å²) in [4.78, 5) is 49.8. The Labute approximate surface area is 298 Å². The van der Waals surface area contributed by atoms with E-state index in [2.05, 4.69) is 38.2 Å². The van der Waals surface area contributed by atoms with Crippen LogP contribution < -0.4 is 10.5 Å². The van der Waals surface area contributed by atoms with E-state index in [1.165, 1.54) is 12.8 Å². The number of piperidine rings is 1. The molecule has 3 aliphatic rings. The quantitative estimate of drug-likeness (QED) is 0.220. The maximum absolute atomic E-state index is 14.1. The third-order valence-electron chi connectivity index (χ3n) is 11.4. The molecule has 6 heterocycles. The van der Waals surface area contributed by atoms with Gasteiger partial charge in [-0.25, -0.2) is 19.9 Å². The molecule has 2 N–H and O–H groups in total. The normalized spacial score (nSPS) is 21.2. The maximum atomic E-state index is 14.1. The van der Waals surface area contributed by atoms with Gasteiger partial charge in [-0.3, -0.25) is 9.59 Å². The monoisotopic (exact) mass is 689 g/mol. The fraction of sp³-hybridized carbons (Fsp3) is 0.487. The number of hydrogen-bond acceptors (Lipinski definition) is 8. The smallest absolute Gasteiger partial charge is 0.272 e. The number of aryl methyl sites for hydroxylation is 1. The molecule has 266 valence electrons. The van der Waals surface area contributed by atoms with Crippen LogP contribution in [0, 0.1) is 24.7 Å². The Hall–Kier alpha value is -4.84. The lowest BCUT2D eigenvalue weighted by molar-refractivity contribution is 0.0676. The number of rotatable bonds is 9. The van der Waals surface area contributed by atoms with E-state index in [9.17, 15) is 9.59 Å². The molecular weight excluding hydrogens is 642 g/mol. The molecule has 12 nitrogen and oxygen atoms in total. The van der Waals surface area contributed by atoms with Crippen molar-refractivity contribution in [3.8, 4) is 17.3 Å². The first-order chi connectivity index (χ1) is 24.7. The molecule has 0 spiro atoms. The fourth-order valence-corrected chi connectivity index (χ4v) is 8.19. The molecule has 51 heavy (non-hydrogen) atoms. The number of amides is 2. The highest BCUT2D eigenvalue weighted by Crippen LogP contribution is 2.39. The molecule has 0 bridgehead atoms. The molecule has 1 aromatic carbocycles. The highest BCUT2D eigenvalue weighted by Gasteiger charge is 2.39. The number of benzene rings is 1. The van der Waals surface area contributed by atoms with Crippen molar-refractivity contribution in [2.24, 2.45) is 23.5 Å². The second-order valence-electron chi connectivity index (χ2n) is 14.8. The van der Waals surface area contributed by atoms with E-state index >= 15 is 0 Å². The van der Waals surface area contributed by atoms with Gasteiger partial charge in [0.15, 0.2) is 5.82 Å². The van der Waals surface area contributed by atoms with Crippen molar-refractivity contribution in [2.75, 3.05) is 26.7 Å². The molecule has 2 aliphatic heterocycles. The molecule has 3 fully saturated rings. The number of ether oxygens (including phenoxy) is 1. The largest absolute Gasteiger partial charge is 0.494 e. The minimum atomic E-state index is -0.0565. The molecule has 5 aromatic rings. The average Bonchev–Trinajstić information content (AvgIpc) is 3.71. The van der Waals surface area contributed by atoms with Gasteiger partial charge in [-0.15, -0.1) is 0 Å². The first kappa shape index (κ1) is 33.3. The number of pyridine rings is 1. The number of hydrogen-bond donors (Lipinski definition) is 1. The van der Waals surface area contributed by atoms with Gasteiger partial charge in [0.2, 0.25) is 0 Å². The molecule has 2 amide bonds. The van der Waals surface area contributed by atoms with Gasteiger partial charge in [0.1, 0.15) is 28.4 Å². The van der Waals surface area contributed by atoms with E-state index < -0.39 is 0 Å². The predicted molar refractivity (Wildman–Crippen MR) is 195 cm³/mol. The van der Waals surface area contributed by atoms with Crippen LogP contribution in [-0.4, -0.2) is 89.5 Å². The van der Waals surface area contributed by atoms with Gasteiger partial charge in [-0.2, -0.15) is 0 Å². The van der Waals surface area contributed by atoms with Crippen LogP contribution in [0.25, 0.3) is 33.6 Å². The number of carbonyl (C=O) groups excluding carboxylic acids is 2. The molecule has 1 aliphatic carbocycles. The molecule has 0 radical (unpaired) electrons. The van der Waals surface area contributed by atoms with Gasteiger partial charge in [0.25, 0.3) is 11.8 Å². The van der Waals surface area contributed by atoms with Crippen LogP contribution in [0.3, 0.4) is 0 Å². The molecular formula is C39H47N9O3. The summed E-state index contributed by atoms with van der Waals surface area (Å²) >= 11 is 0. The predicted octanol–water partition coefficient (Wildman–Crippen LogP) is 5.32. The van der Waals surface area contributed by atoms with Crippen molar-refractivity contribution in [1.29, 1.82) is 0 Å². The summed E-state index contributed by atoms with van der Waals surface area (Å²) in [6.07, 6.45) is 8.53. The molecule has 8 rings (SSSR count). The van der Waals surface area contributed by atoms with Crippen molar-refractivity contribution < 1.29 is 14.3 Å². The molecule has 2 unspecified atom stereocenters. The zero-order valence-electron chi connectivity index (χ0n) is 30.0. The molecule has 4 aromatic heterocycles. The van der Waals surface area contributed by atoms with Crippen LogP contribution in [0.2, 0.25) is 0 Å². The minimum absolute atomic E-state index is 0.0480. The zero-order chi connectivity index (χ0) is 35.4. The van der Waals surface area contributed by atoms with E-state index in [1.54, 1.807) is 26.3 Å². The topological polar surface area (TPSA) is 137 Å². The number of nitrogens with two attached hydrogens (primary N) is 1. The number of likely N-dealkylation sites (tertiary alicyclic amines) is 2. The number of imidazole rings is 1. The van der Waals surface area contributed by atoms with Crippen molar-refractivity contribution in [3.05, 3.63) is 65.9 Å². The fourth-order valence-electron chi connectivity index (χ4n) is 8.19. The molecule has 2 saturated heterocycles. The second kappa shape index (κ2) is 13.4. The third kappa shape index (κ3) is 6.13. The van der Waals surface area contributed by atoms with E-state index in [4.69, 9.17) is 20.4 Å². The first-order valence-corrected chi connectivity index (χ1v) is 18.4. The van der Waals surface area contributed by atoms with Gasteiger partial charge in [-0.05, 0) is 93.7 Å². The molecule has 1 saturated carbocycles. The lowest BCUT2D eigenvalue weighted by Crippen LogP contribution is -2.41. The molecule has 3 atom stereocenters. The van der Waals surface area contributed by atoms with Crippen LogP contribution in [0.4, 0.5) is 0 Å². The van der Waals surface area contributed by atoms with Gasteiger partial charge in [0.05, 0.1) is 18.3 Å². The Bertz CT molecular complexity index is 2110. The number of methoxy groups -OCH3 is 1. The summed E-state index contributed by atoms with van der Waals surface area (Å²) in [5, 5.41) is 1.08. The van der Waals surface area contributed by atoms with Crippen LogP contribution in [-0.2, 0) is 13.1 Å². The Morgan fingerprint density at radius 2 is 1.71 bits per heavy atom. The standard InChI is InChI=1S/C39H47N9O3/c1-5-27-22-46(23(2)34(27)40)38(49)29-17-31-35(33(19-29)51-4)48(21-26-11-15-45(16-12-26)39(50)30-10-14-41-24(3)43-30)37(44-31)32-18-28-7-6-13-42-36(28)47(32)20-25-8-9-25/h6-7,10,13-14,17-19,23,25-27,34H,5,8-9,11-12,15-16,20-22,40H2,1-4H3/t23?,27?,34-/m0/s1. The SMILES string of the molecule is CCC1CN(C(=O)c2cc(OC)c3c(c2)nc(-c2cc4cccnc4n2CC2CC2)n3CC2CCN(C(=O)c3ccnc(C)n3)CC2)C(C)[C@@H]1N. The highest BCUT2D eigenvalue weighted by molar-refractivity contribution is 6.00. The molecule has 12 heteroatoms. The van der Waals surface area contributed by atoms with E-state index in [0.29, 0.717) is 60.8 Å². The van der Waals surface area contributed by atoms with E-state index in [1.807, 2.05) is 41.1 Å². The summed E-state index contributed by atoms with van der Waals surface area (Å²) < 4.78 is 10.7. The van der Waals surface area contributed by atoms with Gasteiger partial charge < -0.3 is 29.4 Å². The summed E-state index contributed by atoms with van der Waals surface area (Å²) in [5.74, 6) is 3.13. The maximum Gasteiger partial charge on any atom is 0.272 e. The summed E-state index contributed by atoms with van der Waals surface area (Å²) in [7, 11) is 1.66. The van der Waals surface area contributed by atoms with Gasteiger partial charge in [-0.1, -0.05) is 13.3 Å². The third-order valence-corrected chi connectivity index (χ3v) is 11.4. The Balaban J connectivity index is 1.18. The lowest BCUT2D eigenvalue weighted by atomic mass is 9.96. The first-order valence-electron chi connectivity index (χ1n) is 18.4. The summed E-state index contributed by atoms with van der Waals surface area (Å²) in [6, 6.07) is 11.7. The summed E-state index contributed by atoms with van der Waals surface area (Å²) in [6.45, 7) is 9.48. The number of fused-ring (bicyclic) bond motifs is 2. The van der Waals surface area contributed by atoms with Crippen LogP contribution in [0.1, 0.15) is 72.6 Å². The Morgan fingerprint density at radius 1 is 0.941 bits per heavy atom. The van der Waals surface area contributed by atoms with Crippen LogP contribution in [0.15, 0.2) is 48.8 Å². The van der Waals surface area contributed by atoms with Gasteiger partial charge >= 0.3 is 0 Å². The number of nitrogens with zero attached hydrogens (tertiary/aromatic N) is 8. The number of aromatic nitrogens is 6. The average molecular weight is 690 g/mol. The Kier molecular flexibility index (Phi) is 8.73. The van der Waals surface area contributed by atoms with Gasteiger partial charge in [0, 0.05) is 68.2 Å². The van der Waals surface area contributed by atoms with Crippen LogP contribution in [0.5, 0.6) is 5.75 Å². The van der Waals surface area contributed by atoms with Crippen molar-refractivity contribution >= 4 is 33.9 Å². The zero-order valence-corrected chi connectivity index (χ0v) is 30.0. The van der Waals surface area contributed by atoms with Crippen molar-refractivity contribution in [3.63, 3.8) is 0 Å². The Morgan fingerprint density at radius 3 is 2.41 bits per heavy atom. The lowest BCUT2D eigenvalue weighted by Gasteiger charge is -2.32. The van der Waals surface area contributed by atoms with Crippen molar-refractivity contribution in [2.45, 2.75) is 78.0 Å². The summed E-state index contributed by atoms with van der Waals surface area (Å²) in [5.41, 5.74) is 11.1. The van der Waals surface area contributed by atoms with E-state index in [0.717, 1.165) is 59.4 Å². The second-order valence-corrected chi connectivity index (χ2v) is 14.8. The number of carbonyl (C=O) groups is 2. The van der Waals surface area contributed by atoms with Crippen LogP contribution >= 0.6 is 0 Å². The minimum Gasteiger partial charge on any atom is -0.494 e. The van der Waals surface area contributed by atoms with E-state index in [-0.39, 0.29) is 29.8 Å². The van der Waals surface area contributed by atoms with Crippen molar-refractivity contribution in [1.82, 2.24) is 38.9 Å². The highest BCUT2D eigenvalue weighted by atomic mass is 16.5.